The Kier molecular flexibility index (Phi) is 4.82. The van der Waals surface area contributed by atoms with Gasteiger partial charge in [0.1, 0.15) is 18.0 Å². The van der Waals surface area contributed by atoms with Gasteiger partial charge in [0, 0.05) is 28.8 Å². The molecule has 0 amide bonds. The van der Waals surface area contributed by atoms with Crippen LogP contribution in [-0.2, 0) is 13.1 Å². The first kappa shape index (κ1) is 15.1. The summed E-state index contributed by atoms with van der Waals surface area (Å²) in [7, 11) is 1.92. The topological polar surface area (TPSA) is 46.8 Å². The smallest absolute Gasteiger partial charge is 0.147 e. The third-order valence-corrected chi connectivity index (χ3v) is 3.68. The predicted molar refractivity (Wildman–Crippen MR) is 77.5 cm³/mol. The second kappa shape index (κ2) is 6.41. The summed E-state index contributed by atoms with van der Waals surface area (Å²) in [4.78, 5) is 5.79. The van der Waals surface area contributed by atoms with Gasteiger partial charge in [0.2, 0.25) is 0 Å². The number of hydrogen-bond acceptors (Lipinski definition) is 4. The van der Waals surface area contributed by atoms with E-state index in [1.54, 1.807) is 12.5 Å². The summed E-state index contributed by atoms with van der Waals surface area (Å²) < 4.78 is 16.4. The SMILES string of the molecule is CC(C)n1cnnc1CN(C)Cc1c(F)cncc1Br. The maximum Gasteiger partial charge on any atom is 0.147 e. The van der Waals surface area contributed by atoms with Crippen LogP contribution < -0.4 is 0 Å². The normalized spacial score (nSPS) is 11.6. The van der Waals surface area contributed by atoms with E-state index in [-0.39, 0.29) is 5.82 Å². The second-order valence-electron chi connectivity index (χ2n) is 5.00. The minimum absolute atomic E-state index is 0.304. The van der Waals surface area contributed by atoms with E-state index in [2.05, 4.69) is 45.0 Å². The monoisotopic (exact) mass is 341 g/mol. The van der Waals surface area contributed by atoms with Gasteiger partial charge < -0.3 is 4.57 Å². The summed E-state index contributed by atoms with van der Waals surface area (Å²) >= 11 is 3.33. The first-order valence-corrected chi connectivity index (χ1v) is 7.13. The lowest BCUT2D eigenvalue weighted by atomic mass is 10.2. The van der Waals surface area contributed by atoms with Gasteiger partial charge in [0.25, 0.3) is 0 Å². The van der Waals surface area contributed by atoms with Crippen molar-refractivity contribution in [3.8, 4) is 0 Å². The van der Waals surface area contributed by atoms with E-state index in [0.717, 1.165) is 5.82 Å². The Morgan fingerprint density at radius 2 is 2.10 bits per heavy atom. The molecule has 2 aromatic rings. The molecule has 2 rings (SSSR count). The molecule has 108 valence electrons. The molecule has 0 aliphatic heterocycles. The molecule has 0 saturated heterocycles. The van der Waals surface area contributed by atoms with E-state index < -0.39 is 0 Å². The Morgan fingerprint density at radius 1 is 1.35 bits per heavy atom. The van der Waals surface area contributed by atoms with Crippen LogP contribution in [0.15, 0.2) is 23.2 Å². The molecule has 0 aliphatic carbocycles. The van der Waals surface area contributed by atoms with Gasteiger partial charge >= 0.3 is 0 Å². The summed E-state index contributed by atoms with van der Waals surface area (Å²) in [5.41, 5.74) is 0.595. The van der Waals surface area contributed by atoms with Gasteiger partial charge in [-0.1, -0.05) is 0 Å². The molecule has 0 aromatic carbocycles. The molecule has 0 saturated carbocycles. The molecular weight excluding hydrogens is 325 g/mol. The Balaban J connectivity index is 2.09. The van der Waals surface area contributed by atoms with Crippen molar-refractivity contribution in [3.63, 3.8) is 0 Å². The van der Waals surface area contributed by atoms with Crippen LogP contribution in [0.2, 0.25) is 0 Å². The zero-order valence-corrected chi connectivity index (χ0v) is 13.3. The van der Waals surface area contributed by atoms with Crippen LogP contribution in [-0.4, -0.2) is 31.7 Å². The van der Waals surface area contributed by atoms with E-state index in [4.69, 9.17) is 0 Å². The third-order valence-electron chi connectivity index (χ3n) is 3.00. The number of hydrogen-bond donors (Lipinski definition) is 0. The summed E-state index contributed by atoms with van der Waals surface area (Å²) in [6, 6.07) is 0.304. The molecular formula is C13H17BrFN5. The molecule has 2 aromatic heterocycles. The quantitative estimate of drug-likeness (QED) is 0.838. The van der Waals surface area contributed by atoms with E-state index in [1.165, 1.54) is 6.20 Å². The summed E-state index contributed by atoms with van der Waals surface area (Å²) in [6.45, 7) is 5.23. The second-order valence-corrected chi connectivity index (χ2v) is 5.86. The van der Waals surface area contributed by atoms with Crippen molar-refractivity contribution < 1.29 is 4.39 Å². The van der Waals surface area contributed by atoms with Gasteiger partial charge in [-0.25, -0.2) is 4.39 Å². The van der Waals surface area contributed by atoms with Gasteiger partial charge in [-0.2, -0.15) is 0 Å². The van der Waals surface area contributed by atoms with Gasteiger partial charge in [0.05, 0.1) is 12.7 Å². The summed E-state index contributed by atoms with van der Waals surface area (Å²) in [6.07, 6.45) is 4.55. The van der Waals surface area contributed by atoms with Crippen LogP contribution in [0, 0.1) is 5.82 Å². The molecule has 2 heterocycles. The maximum absolute atomic E-state index is 13.7. The largest absolute Gasteiger partial charge is 0.314 e. The highest BCUT2D eigenvalue weighted by Crippen LogP contribution is 2.20. The van der Waals surface area contributed by atoms with Gasteiger partial charge in [0.15, 0.2) is 0 Å². The lowest BCUT2D eigenvalue weighted by Crippen LogP contribution is -2.21. The molecule has 0 fully saturated rings. The molecule has 0 unspecified atom stereocenters. The van der Waals surface area contributed by atoms with E-state index in [9.17, 15) is 4.39 Å². The van der Waals surface area contributed by atoms with Crippen molar-refractivity contribution in [1.29, 1.82) is 0 Å². The van der Waals surface area contributed by atoms with Gasteiger partial charge in [-0.3, -0.25) is 9.88 Å². The number of nitrogens with zero attached hydrogens (tertiary/aromatic N) is 5. The van der Waals surface area contributed by atoms with Crippen LogP contribution in [0.5, 0.6) is 0 Å². The van der Waals surface area contributed by atoms with Crippen LogP contribution in [0.25, 0.3) is 0 Å². The Morgan fingerprint density at radius 3 is 2.75 bits per heavy atom. The Hall–Kier alpha value is -1.34. The fraction of sp³-hybridized carbons (Fsp3) is 0.462. The molecule has 5 nitrogen and oxygen atoms in total. The number of halogens is 2. The molecule has 20 heavy (non-hydrogen) atoms. The fourth-order valence-electron chi connectivity index (χ4n) is 1.97. The minimum Gasteiger partial charge on any atom is -0.314 e. The molecule has 0 N–H and O–H groups in total. The standard InChI is InChI=1S/C13H17BrFN5/c1-9(2)20-8-17-18-13(20)7-19(3)6-10-11(14)4-16-5-12(10)15/h4-5,8-9H,6-7H2,1-3H3. The van der Waals surface area contributed by atoms with Crippen molar-refractivity contribution in [2.45, 2.75) is 33.0 Å². The number of aromatic nitrogens is 4. The van der Waals surface area contributed by atoms with Gasteiger partial charge in [-0.15, -0.1) is 10.2 Å². The van der Waals surface area contributed by atoms with Gasteiger partial charge in [-0.05, 0) is 36.8 Å². The highest BCUT2D eigenvalue weighted by Gasteiger charge is 2.13. The molecule has 0 atom stereocenters. The van der Waals surface area contributed by atoms with E-state index in [0.29, 0.717) is 29.2 Å². The lowest BCUT2D eigenvalue weighted by molar-refractivity contribution is 0.296. The number of pyridine rings is 1. The molecule has 0 aliphatic rings. The lowest BCUT2D eigenvalue weighted by Gasteiger charge is -2.18. The average Bonchev–Trinajstić information content (AvgIpc) is 2.82. The highest BCUT2D eigenvalue weighted by molar-refractivity contribution is 9.10. The van der Waals surface area contributed by atoms with Crippen LogP contribution >= 0.6 is 15.9 Å². The van der Waals surface area contributed by atoms with E-state index in [1.807, 2.05) is 16.5 Å². The maximum atomic E-state index is 13.7. The Labute approximate surface area is 126 Å². The molecule has 7 heteroatoms. The molecule has 0 spiro atoms. The van der Waals surface area contributed by atoms with Crippen LogP contribution in [0.3, 0.4) is 0 Å². The molecule has 0 radical (unpaired) electrons. The Bertz CT molecular complexity index is 564. The summed E-state index contributed by atoms with van der Waals surface area (Å²) in [5.74, 6) is 0.560. The van der Waals surface area contributed by atoms with Crippen molar-refractivity contribution in [1.82, 2.24) is 24.6 Å². The fourth-order valence-corrected chi connectivity index (χ4v) is 2.40. The van der Waals surface area contributed by atoms with E-state index >= 15 is 0 Å². The van der Waals surface area contributed by atoms with Crippen LogP contribution in [0.1, 0.15) is 31.3 Å². The zero-order valence-electron chi connectivity index (χ0n) is 11.7. The van der Waals surface area contributed by atoms with Crippen molar-refractivity contribution in [3.05, 3.63) is 40.4 Å². The molecule has 0 bridgehead atoms. The zero-order chi connectivity index (χ0) is 14.7. The predicted octanol–water partition coefficient (Wildman–Crippen LogP) is 2.79. The van der Waals surface area contributed by atoms with Crippen LogP contribution in [0.4, 0.5) is 4.39 Å². The minimum atomic E-state index is -0.309. The number of rotatable bonds is 5. The third kappa shape index (κ3) is 3.40. The highest BCUT2D eigenvalue weighted by atomic mass is 79.9. The van der Waals surface area contributed by atoms with Crippen molar-refractivity contribution >= 4 is 15.9 Å². The van der Waals surface area contributed by atoms with Crippen molar-refractivity contribution in [2.24, 2.45) is 0 Å². The van der Waals surface area contributed by atoms with Crippen molar-refractivity contribution in [2.75, 3.05) is 7.05 Å². The first-order valence-electron chi connectivity index (χ1n) is 6.33. The summed E-state index contributed by atoms with van der Waals surface area (Å²) in [5, 5.41) is 8.05. The average molecular weight is 342 g/mol. The first-order chi connectivity index (χ1) is 9.49.